The molecule has 7 nitrogen and oxygen atoms in total. The highest BCUT2D eigenvalue weighted by Crippen LogP contribution is 2.44. The minimum absolute atomic E-state index is 0.0450. The Balaban J connectivity index is 1.16. The van der Waals surface area contributed by atoms with E-state index in [2.05, 4.69) is 29.6 Å². The second-order valence-corrected chi connectivity index (χ2v) is 8.46. The van der Waals surface area contributed by atoms with Crippen LogP contribution in [-0.4, -0.2) is 48.8 Å². The van der Waals surface area contributed by atoms with E-state index in [-0.39, 0.29) is 19.1 Å². The van der Waals surface area contributed by atoms with Gasteiger partial charge in [-0.1, -0.05) is 66.7 Å². The van der Waals surface area contributed by atoms with E-state index in [1.54, 1.807) is 18.2 Å². The summed E-state index contributed by atoms with van der Waals surface area (Å²) in [6.45, 7) is 1.06. The number of carbonyl (C=O) groups excluding carboxylic acids is 1. The Kier molecular flexibility index (Phi) is 6.60. The predicted molar refractivity (Wildman–Crippen MR) is 125 cm³/mol. The zero-order valence-electron chi connectivity index (χ0n) is 18.6. The molecule has 1 aliphatic heterocycles. The number of hydrogen-bond donors (Lipinski definition) is 3. The van der Waals surface area contributed by atoms with Gasteiger partial charge in [0.1, 0.15) is 18.8 Å². The van der Waals surface area contributed by atoms with E-state index in [1.165, 1.54) is 0 Å². The topological polar surface area (TPSA) is 97.3 Å². The van der Waals surface area contributed by atoms with Crippen LogP contribution in [-0.2, 0) is 14.2 Å². The summed E-state index contributed by atoms with van der Waals surface area (Å²) in [5.41, 5.74) is 5.84. The lowest BCUT2D eigenvalue weighted by Crippen LogP contribution is -2.36. The number of aliphatic hydroxyl groups is 2. The van der Waals surface area contributed by atoms with Crippen molar-refractivity contribution in [3.63, 3.8) is 0 Å². The largest absolute Gasteiger partial charge is 0.449 e. The van der Waals surface area contributed by atoms with Crippen LogP contribution in [0.3, 0.4) is 0 Å². The first-order valence-corrected chi connectivity index (χ1v) is 11.4. The van der Waals surface area contributed by atoms with Gasteiger partial charge >= 0.3 is 6.09 Å². The van der Waals surface area contributed by atoms with E-state index in [9.17, 15) is 15.0 Å². The van der Waals surface area contributed by atoms with Crippen molar-refractivity contribution < 1.29 is 29.2 Å². The molecule has 3 aromatic carbocycles. The summed E-state index contributed by atoms with van der Waals surface area (Å²) in [6, 6.07) is 23.3. The van der Waals surface area contributed by atoms with Gasteiger partial charge in [0.25, 0.3) is 0 Å². The molecule has 3 N–H and O–H groups in total. The van der Waals surface area contributed by atoms with E-state index < -0.39 is 24.6 Å². The van der Waals surface area contributed by atoms with Gasteiger partial charge in [0, 0.05) is 18.0 Å². The molecule has 1 fully saturated rings. The molecule has 2 aliphatic rings. The van der Waals surface area contributed by atoms with Crippen molar-refractivity contribution in [2.45, 2.75) is 24.4 Å². The van der Waals surface area contributed by atoms with Gasteiger partial charge in [-0.15, -0.1) is 0 Å². The molecular formula is C27H27NO6. The van der Waals surface area contributed by atoms with Crippen molar-refractivity contribution in [2.24, 2.45) is 0 Å². The Morgan fingerprint density at radius 1 is 0.941 bits per heavy atom. The fourth-order valence-corrected chi connectivity index (χ4v) is 4.61. The molecule has 176 valence electrons. The summed E-state index contributed by atoms with van der Waals surface area (Å²) in [6.07, 6.45) is -3.51. The standard InChI is InChI=1S/C27H27NO6/c29-24(25(30)17-6-5-7-18(14-17)26-32-12-13-33-26)15-28-27(31)34-16-23-21-10-3-1-8-19(21)20-9-2-4-11-22(20)23/h1-11,14,23-26,29-30H,12-13,15-16H2,(H,28,31). The molecule has 5 rings (SSSR count). The number of hydrogen-bond acceptors (Lipinski definition) is 6. The van der Waals surface area contributed by atoms with Gasteiger partial charge in [0.15, 0.2) is 6.29 Å². The van der Waals surface area contributed by atoms with Crippen molar-refractivity contribution in [3.05, 3.63) is 95.1 Å². The number of fused-ring (bicyclic) bond motifs is 3. The van der Waals surface area contributed by atoms with Crippen LogP contribution in [0.4, 0.5) is 4.79 Å². The van der Waals surface area contributed by atoms with Gasteiger partial charge in [0.05, 0.1) is 13.2 Å². The number of carbonyl (C=O) groups is 1. The molecule has 0 spiro atoms. The molecule has 7 heteroatoms. The van der Waals surface area contributed by atoms with Crippen molar-refractivity contribution >= 4 is 6.09 Å². The van der Waals surface area contributed by atoms with Crippen LogP contribution >= 0.6 is 0 Å². The number of nitrogens with one attached hydrogen (secondary N) is 1. The average Bonchev–Trinajstić information content (AvgIpc) is 3.53. The van der Waals surface area contributed by atoms with Crippen LogP contribution in [0.1, 0.15) is 40.6 Å². The molecule has 0 bridgehead atoms. The minimum atomic E-state index is -1.21. The zero-order chi connectivity index (χ0) is 23.5. The summed E-state index contributed by atoms with van der Waals surface area (Å²) in [7, 11) is 0. The molecular weight excluding hydrogens is 434 g/mol. The maximum atomic E-state index is 12.4. The van der Waals surface area contributed by atoms with Crippen LogP contribution in [0.15, 0.2) is 72.8 Å². The summed E-state index contributed by atoms with van der Waals surface area (Å²) < 4.78 is 16.5. The molecule has 0 aromatic heterocycles. The van der Waals surface area contributed by atoms with Crippen LogP contribution in [0.5, 0.6) is 0 Å². The number of rotatable bonds is 7. The van der Waals surface area contributed by atoms with Gasteiger partial charge in [-0.05, 0) is 33.9 Å². The van der Waals surface area contributed by atoms with E-state index in [0.717, 1.165) is 27.8 Å². The number of benzene rings is 3. The van der Waals surface area contributed by atoms with Crippen molar-refractivity contribution in [1.29, 1.82) is 0 Å². The maximum Gasteiger partial charge on any atom is 0.407 e. The molecule has 1 saturated heterocycles. The van der Waals surface area contributed by atoms with Crippen LogP contribution in [0, 0.1) is 0 Å². The van der Waals surface area contributed by atoms with Crippen molar-refractivity contribution in [2.75, 3.05) is 26.4 Å². The lowest BCUT2D eigenvalue weighted by Gasteiger charge is -2.20. The normalized spacial score (nSPS) is 17.1. The SMILES string of the molecule is O=C(NCC(O)C(O)c1cccc(C2OCCO2)c1)OCC1c2ccccc2-c2ccccc21. The Bertz CT molecular complexity index is 1110. The fourth-order valence-electron chi connectivity index (χ4n) is 4.61. The number of ether oxygens (including phenoxy) is 3. The maximum absolute atomic E-state index is 12.4. The highest BCUT2D eigenvalue weighted by atomic mass is 16.7. The van der Waals surface area contributed by atoms with Crippen LogP contribution < -0.4 is 5.32 Å². The lowest BCUT2D eigenvalue weighted by molar-refractivity contribution is -0.0444. The van der Waals surface area contributed by atoms with E-state index in [4.69, 9.17) is 14.2 Å². The van der Waals surface area contributed by atoms with Gasteiger partial charge in [-0.25, -0.2) is 4.79 Å². The third-order valence-corrected chi connectivity index (χ3v) is 6.31. The summed E-state index contributed by atoms with van der Waals surface area (Å²) in [5, 5.41) is 23.6. The Morgan fingerprint density at radius 3 is 2.26 bits per heavy atom. The van der Waals surface area contributed by atoms with Crippen molar-refractivity contribution in [1.82, 2.24) is 5.32 Å². The molecule has 2 atom stereocenters. The molecule has 1 aliphatic carbocycles. The van der Waals surface area contributed by atoms with E-state index in [1.807, 2.05) is 30.3 Å². The van der Waals surface area contributed by atoms with E-state index in [0.29, 0.717) is 18.8 Å². The summed E-state index contributed by atoms with van der Waals surface area (Å²) in [4.78, 5) is 12.4. The monoisotopic (exact) mass is 461 g/mol. The second-order valence-electron chi connectivity index (χ2n) is 8.46. The average molecular weight is 462 g/mol. The Hall–Kier alpha value is -3.23. The second kappa shape index (κ2) is 9.95. The predicted octanol–water partition coefficient (Wildman–Crippen LogP) is 3.67. The van der Waals surface area contributed by atoms with Gasteiger partial charge < -0.3 is 29.7 Å². The smallest absolute Gasteiger partial charge is 0.407 e. The zero-order valence-corrected chi connectivity index (χ0v) is 18.6. The third kappa shape index (κ3) is 4.56. The number of alkyl carbamates (subject to hydrolysis) is 1. The van der Waals surface area contributed by atoms with Gasteiger partial charge in [0.2, 0.25) is 0 Å². The van der Waals surface area contributed by atoms with Crippen LogP contribution in [0.25, 0.3) is 11.1 Å². The van der Waals surface area contributed by atoms with Crippen LogP contribution in [0.2, 0.25) is 0 Å². The number of amides is 1. The summed E-state index contributed by atoms with van der Waals surface area (Å²) >= 11 is 0. The van der Waals surface area contributed by atoms with Gasteiger partial charge in [-0.3, -0.25) is 0 Å². The Morgan fingerprint density at radius 2 is 1.59 bits per heavy atom. The van der Waals surface area contributed by atoms with E-state index >= 15 is 0 Å². The quantitative estimate of drug-likeness (QED) is 0.497. The first-order valence-electron chi connectivity index (χ1n) is 11.4. The third-order valence-electron chi connectivity index (χ3n) is 6.31. The minimum Gasteiger partial charge on any atom is -0.449 e. The Labute approximate surface area is 197 Å². The molecule has 3 aromatic rings. The molecule has 1 heterocycles. The molecule has 1 amide bonds. The lowest BCUT2D eigenvalue weighted by atomic mass is 9.98. The fraction of sp³-hybridized carbons (Fsp3) is 0.296. The highest BCUT2D eigenvalue weighted by molar-refractivity contribution is 5.79. The molecule has 34 heavy (non-hydrogen) atoms. The van der Waals surface area contributed by atoms with Gasteiger partial charge in [-0.2, -0.15) is 0 Å². The molecule has 2 unspecified atom stereocenters. The highest BCUT2D eigenvalue weighted by Gasteiger charge is 2.29. The first kappa shape index (κ1) is 22.6. The van der Waals surface area contributed by atoms with Crippen molar-refractivity contribution in [3.8, 4) is 11.1 Å². The summed E-state index contributed by atoms with van der Waals surface area (Å²) in [5.74, 6) is -0.0450. The number of aliphatic hydroxyl groups excluding tert-OH is 2. The first-order chi connectivity index (χ1) is 16.6. The molecule has 0 radical (unpaired) electrons. The molecule has 0 saturated carbocycles.